The molecule has 1 aromatic heterocycles. The van der Waals surface area contributed by atoms with Crippen molar-refractivity contribution < 1.29 is 9.42 Å². The average Bonchev–Trinajstić information content (AvgIpc) is 2.87. The maximum Gasteiger partial charge on any atom is 0.282 e. The molecule has 0 unspecified atom stereocenters. The van der Waals surface area contributed by atoms with Crippen LogP contribution in [0.15, 0.2) is 28.8 Å². The molecule has 0 aliphatic carbocycles. The van der Waals surface area contributed by atoms with E-state index in [0.717, 1.165) is 29.8 Å². The van der Waals surface area contributed by atoms with Crippen LogP contribution in [-0.4, -0.2) is 23.2 Å². The molecule has 2 heterocycles. The Balaban J connectivity index is 1.69. The lowest BCUT2D eigenvalue weighted by atomic mass is 9.92. The summed E-state index contributed by atoms with van der Waals surface area (Å²) >= 11 is 5.89. The van der Waals surface area contributed by atoms with Gasteiger partial charge in [-0.15, -0.1) is 0 Å². The van der Waals surface area contributed by atoms with Crippen LogP contribution in [0.3, 0.4) is 0 Å². The summed E-state index contributed by atoms with van der Waals surface area (Å²) in [6.07, 6.45) is 1.32. The Morgan fingerprint density at radius 3 is 2.52 bits per heavy atom. The van der Waals surface area contributed by atoms with Crippen LogP contribution in [0.1, 0.15) is 26.2 Å². The lowest BCUT2D eigenvalue weighted by Crippen LogP contribution is -3.13. The number of benzene rings is 1. The predicted molar refractivity (Wildman–Crippen MR) is 82.1 cm³/mol. The fourth-order valence-electron chi connectivity index (χ4n) is 3.32. The first-order valence-electron chi connectivity index (χ1n) is 7.52. The Bertz CT molecular complexity index is 586. The highest BCUT2D eigenvalue weighted by atomic mass is 35.5. The molecule has 1 aliphatic rings. The van der Waals surface area contributed by atoms with E-state index >= 15 is 0 Å². The van der Waals surface area contributed by atoms with Gasteiger partial charge in [0.25, 0.3) is 5.89 Å². The molecule has 0 saturated carbocycles. The zero-order valence-electron chi connectivity index (χ0n) is 12.5. The molecular weight excluding hydrogens is 286 g/mol. The molecule has 0 spiro atoms. The van der Waals surface area contributed by atoms with Gasteiger partial charge in [-0.25, -0.2) is 0 Å². The van der Waals surface area contributed by atoms with Crippen LogP contribution in [0.5, 0.6) is 0 Å². The van der Waals surface area contributed by atoms with Gasteiger partial charge in [0.15, 0.2) is 6.54 Å². The molecule has 1 aliphatic heterocycles. The van der Waals surface area contributed by atoms with Crippen LogP contribution >= 0.6 is 11.6 Å². The van der Waals surface area contributed by atoms with E-state index in [1.807, 2.05) is 24.3 Å². The molecule has 0 amide bonds. The number of rotatable bonds is 3. The van der Waals surface area contributed by atoms with Crippen molar-refractivity contribution in [2.75, 3.05) is 13.1 Å². The first-order chi connectivity index (χ1) is 10.1. The number of hydrogen-bond acceptors (Lipinski definition) is 3. The summed E-state index contributed by atoms with van der Waals surface area (Å²) in [5.74, 6) is 2.89. The minimum atomic E-state index is 0.638. The Morgan fingerprint density at radius 2 is 1.86 bits per heavy atom. The summed E-state index contributed by atoms with van der Waals surface area (Å²) in [5.41, 5.74) is 0.935. The van der Waals surface area contributed by atoms with E-state index in [2.05, 4.69) is 24.0 Å². The van der Waals surface area contributed by atoms with Crippen LogP contribution < -0.4 is 4.90 Å². The predicted octanol–water partition coefficient (Wildman–Crippen LogP) is 2.45. The SMILES string of the molecule is C[C@H]1C[C@H](C)C[NH+](Cc2nc(-c3ccc(Cl)cc3)no2)C1. The average molecular weight is 307 g/mol. The second-order valence-electron chi connectivity index (χ2n) is 6.30. The van der Waals surface area contributed by atoms with Gasteiger partial charge in [0.05, 0.1) is 13.1 Å². The van der Waals surface area contributed by atoms with Gasteiger partial charge in [-0.05, 0) is 30.7 Å². The van der Waals surface area contributed by atoms with Crippen LogP contribution in [-0.2, 0) is 6.54 Å². The molecule has 2 aromatic rings. The Morgan fingerprint density at radius 1 is 1.19 bits per heavy atom. The highest BCUT2D eigenvalue weighted by Gasteiger charge is 2.26. The van der Waals surface area contributed by atoms with Gasteiger partial charge in [0, 0.05) is 22.4 Å². The number of aromatic nitrogens is 2. The van der Waals surface area contributed by atoms with Gasteiger partial charge in [0.2, 0.25) is 5.82 Å². The molecule has 0 bridgehead atoms. The third kappa shape index (κ3) is 3.63. The third-order valence-electron chi connectivity index (χ3n) is 4.05. The van der Waals surface area contributed by atoms with Gasteiger partial charge in [-0.1, -0.05) is 30.6 Å². The van der Waals surface area contributed by atoms with Crippen molar-refractivity contribution in [2.24, 2.45) is 11.8 Å². The summed E-state index contributed by atoms with van der Waals surface area (Å²) in [6.45, 7) is 7.83. The van der Waals surface area contributed by atoms with Gasteiger partial charge in [-0.3, -0.25) is 0 Å². The number of piperidine rings is 1. The standard InChI is InChI=1S/C16H20ClN3O/c1-11-7-12(2)9-20(8-11)10-15-18-16(19-21-15)13-3-5-14(17)6-4-13/h3-6,11-12H,7-10H2,1-2H3/p+1/t11-,12-/m0/s1. The number of halogens is 1. The van der Waals surface area contributed by atoms with Crippen LogP contribution in [0.2, 0.25) is 5.02 Å². The van der Waals surface area contributed by atoms with Crippen molar-refractivity contribution in [3.63, 3.8) is 0 Å². The van der Waals surface area contributed by atoms with E-state index in [0.29, 0.717) is 10.8 Å². The minimum absolute atomic E-state index is 0.638. The number of quaternary nitrogens is 1. The van der Waals surface area contributed by atoms with Gasteiger partial charge < -0.3 is 9.42 Å². The molecule has 3 rings (SSSR count). The molecule has 1 saturated heterocycles. The molecule has 1 aromatic carbocycles. The van der Waals surface area contributed by atoms with Crippen molar-refractivity contribution in [2.45, 2.75) is 26.8 Å². The molecule has 1 fully saturated rings. The van der Waals surface area contributed by atoms with E-state index in [1.165, 1.54) is 24.4 Å². The quantitative estimate of drug-likeness (QED) is 0.947. The van der Waals surface area contributed by atoms with Gasteiger partial charge >= 0.3 is 0 Å². The highest BCUT2D eigenvalue weighted by molar-refractivity contribution is 6.30. The van der Waals surface area contributed by atoms with Crippen LogP contribution in [0.25, 0.3) is 11.4 Å². The summed E-state index contributed by atoms with van der Waals surface area (Å²) in [7, 11) is 0. The number of hydrogen-bond donors (Lipinski definition) is 1. The van der Waals surface area contributed by atoms with E-state index in [1.54, 1.807) is 0 Å². The first kappa shape index (κ1) is 14.5. The molecular formula is C16H21ClN3O+. The van der Waals surface area contributed by atoms with Gasteiger partial charge in [-0.2, -0.15) is 4.98 Å². The van der Waals surface area contributed by atoms with E-state index < -0.39 is 0 Å². The molecule has 2 atom stereocenters. The number of nitrogens with one attached hydrogen (secondary N) is 1. The second kappa shape index (κ2) is 6.16. The topological polar surface area (TPSA) is 43.4 Å². The summed E-state index contributed by atoms with van der Waals surface area (Å²) in [6, 6.07) is 7.50. The molecule has 4 nitrogen and oxygen atoms in total. The van der Waals surface area contributed by atoms with Crippen molar-refractivity contribution in [1.29, 1.82) is 0 Å². The fraction of sp³-hybridized carbons (Fsp3) is 0.500. The van der Waals surface area contributed by atoms with E-state index in [4.69, 9.17) is 16.1 Å². The Kier molecular flexibility index (Phi) is 4.27. The van der Waals surface area contributed by atoms with Crippen molar-refractivity contribution in [3.05, 3.63) is 35.2 Å². The molecule has 21 heavy (non-hydrogen) atoms. The maximum absolute atomic E-state index is 5.89. The zero-order valence-corrected chi connectivity index (χ0v) is 13.2. The number of nitrogens with zero attached hydrogens (tertiary/aromatic N) is 2. The van der Waals surface area contributed by atoms with Crippen molar-refractivity contribution in [1.82, 2.24) is 10.1 Å². The lowest BCUT2D eigenvalue weighted by Gasteiger charge is -2.30. The summed E-state index contributed by atoms with van der Waals surface area (Å²) in [4.78, 5) is 6.05. The molecule has 1 N–H and O–H groups in total. The van der Waals surface area contributed by atoms with Crippen LogP contribution in [0.4, 0.5) is 0 Å². The van der Waals surface area contributed by atoms with E-state index in [9.17, 15) is 0 Å². The summed E-state index contributed by atoms with van der Waals surface area (Å²) < 4.78 is 5.41. The first-order valence-corrected chi connectivity index (χ1v) is 7.90. The maximum atomic E-state index is 5.89. The largest absolute Gasteiger partial charge is 0.333 e. The lowest BCUT2D eigenvalue weighted by molar-refractivity contribution is -0.926. The minimum Gasteiger partial charge on any atom is -0.333 e. The van der Waals surface area contributed by atoms with Crippen LogP contribution in [0, 0.1) is 11.8 Å². The molecule has 0 radical (unpaired) electrons. The normalized spacial score (nSPS) is 26.0. The van der Waals surface area contributed by atoms with Crippen molar-refractivity contribution >= 4 is 11.6 Å². The van der Waals surface area contributed by atoms with E-state index in [-0.39, 0.29) is 0 Å². The highest BCUT2D eigenvalue weighted by Crippen LogP contribution is 2.18. The summed E-state index contributed by atoms with van der Waals surface area (Å²) in [5, 5.41) is 4.79. The van der Waals surface area contributed by atoms with Gasteiger partial charge in [0.1, 0.15) is 0 Å². The molecule has 5 heteroatoms. The second-order valence-corrected chi connectivity index (χ2v) is 6.74. The Labute approximate surface area is 130 Å². The molecule has 112 valence electrons. The fourth-order valence-corrected chi connectivity index (χ4v) is 3.45. The smallest absolute Gasteiger partial charge is 0.282 e. The number of likely N-dealkylation sites (tertiary alicyclic amines) is 1. The van der Waals surface area contributed by atoms with Crippen molar-refractivity contribution in [3.8, 4) is 11.4 Å². The Hall–Kier alpha value is -1.39. The zero-order chi connectivity index (χ0) is 14.8. The monoisotopic (exact) mass is 306 g/mol. The third-order valence-corrected chi connectivity index (χ3v) is 4.30.